The number of halogens is 1. The van der Waals surface area contributed by atoms with E-state index in [2.05, 4.69) is 15.4 Å². The third kappa shape index (κ3) is 4.56. The molecule has 168 valence electrons. The van der Waals surface area contributed by atoms with Crippen LogP contribution in [0.2, 0.25) is 0 Å². The summed E-state index contributed by atoms with van der Waals surface area (Å²) in [5, 5.41) is 6.49. The van der Waals surface area contributed by atoms with Gasteiger partial charge < -0.3 is 5.32 Å². The number of hydrogen-bond donors (Lipinski definition) is 1. The summed E-state index contributed by atoms with van der Waals surface area (Å²) in [4.78, 5) is 16.6. The Morgan fingerprint density at radius 1 is 1.12 bits per heavy atom. The molecule has 2 atom stereocenters. The van der Waals surface area contributed by atoms with Crippen molar-refractivity contribution >= 4 is 21.6 Å². The van der Waals surface area contributed by atoms with Gasteiger partial charge in [-0.2, -0.15) is 9.40 Å². The number of rotatable bonds is 5. The maximum atomic E-state index is 14.4. The first-order valence-corrected chi connectivity index (χ1v) is 11.7. The second-order valence-electron chi connectivity index (χ2n) is 8.26. The summed E-state index contributed by atoms with van der Waals surface area (Å²) < 4.78 is 43.5. The third-order valence-corrected chi connectivity index (χ3v) is 7.27. The zero-order chi connectivity index (χ0) is 22.9. The van der Waals surface area contributed by atoms with Crippen molar-refractivity contribution in [2.45, 2.75) is 25.2 Å². The quantitative estimate of drug-likeness (QED) is 0.634. The first-order valence-electron chi connectivity index (χ1n) is 10.3. The summed E-state index contributed by atoms with van der Waals surface area (Å²) in [7, 11) is -3.72. The molecule has 2 unspecified atom stereocenters. The van der Waals surface area contributed by atoms with Crippen molar-refractivity contribution in [2.24, 2.45) is 11.8 Å². The van der Waals surface area contributed by atoms with Crippen LogP contribution >= 0.6 is 0 Å². The van der Waals surface area contributed by atoms with Gasteiger partial charge in [-0.1, -0.05) is 19.9 Å². The second-order valence-corrected chi connectivity index (χ2v) is 10.2. The average molecular weight is 458 g/mol. The van der Waals surface area contributed by atoms with E-state index < -0.39 is 21.7 Å². The number of anilines is 1. The van der Waals surface area contributed by atoms with Gasteiger partial charge in [0.25, 0.3) is 5.91 Å². The first kappa shape index (κ1) is 22.1. The van der Waals surface area contributed by atoms with Crippen molar-refractivity contribution in [3.8, 4) is 5.69 Å². The molecule has 1 saturated heterocycles. The monoisotopic (exact) mass is 457 g/mol. The highest BCUT2D eigenvalue weighted by Crippen LogP contribution is 2.27. The molecule has 1 N–H and O–H groups in total. The number of sulfonamides is 1. The Hall–Kier alpha value is -3.11. The summed E-state index contributed by atoms with van der Waals surface area (Å²) in [5.41, 5.74) is 0.604. The fraction of sp³-hybridized carbons (Fsp3) is 0.318. The molecular formula is C22H24FN5O3S. The summed E-state index contributed by atoms with van der Waals surface area (Å²) in [5.74, 6) is -0.570. The van der Waals surface area contributed by atoms with Crippen LogP contribution in [0.3, 0.4) is 0 Å². The Morgan fingerprint density at radius 3 is 2.53 bits per heavy atom. The van der Waals surface area contributed by atoms with Crippen molar-refractivity contribution in [1.82, 2.24) is 19.1 Å². The maximum absolute atomic E-state index is 14.4. The topological polar surface area (TPSA) is 97.2 Å². The number of amides is 1. The van der Waals surface area contributed by atoms with Gasteiger partial charge in [-0.05, 0) is 54.7 Å². The highest BCUT2D eigenvalue weighted by Gasteiger charge is 2.32. The van der Waals surface area contributed by atoms with Gasteiger partial charge in [0, 0.05) is 24.3 Å². The fourth-order valence-electron chi connectivity index (χ4n) is 4.06. The minimum absolute atomic E-state index is 0.0687. The Balaban J connectivity index is 1.53. The largest absolute Gasteiger partial charge is 0.322 e. The molecule has 2 aromatic carbocycles. The zero-order valence-electron chi connectivity index (χ0n) is 17.8. The predicted molar refractivity (Wildman–Crippen MR) is 117 cm³/mol. The maximum Gasteiger partial charge on any atom is 0.255 e. The second kappa shape index (κ2) is 8.79. The molecule has 1 amide bonds. The number of nitrogens with one attached hydrogen (secondary N) is 1. The van der Waals surface area contributed by atoms with E-state index >= 15 is 0 Å². The van der Waals surface area contributed by atoms with Crippen LogP contribution < -0.4 is 5.32 Å². The molecule has 2 heterocycles. The molecule has 0 aliphatic carbocycles. The number of piperidine rings is 1. The molecule has 0 saturated carbocycles. The van der Waals surface area contributed by atoms with Crippen LogP contribution in [0.25, 0.3) is 5.69 Å². The average Bonchev–Trinajstić information content (AvgIpc) is 3.28. The van der Waals surface area contributed by atoms with Crippen molar-refractivity contribution in [3.63, 3.8) is 0 Å². The molecule has 0 spiro atoms. The van der Waals surface area contributed by atoms with E-state index in [4.69, 9.17) is 0 Å². The molecule has 4 rings (SSSR count). The zero-order valence-corrected chi connectivity index (χ0v) is 18.6. The van der Waals surface area contributed by atoms with Crippen molar-refractivity contribution in [1.29, 1.82) is 0 Å². The van der Waals surface area contributed by atoms with Gasteiger partial charge >= 0.3 is 0 Å². The normalized spacial score (nSPS) is 19.6. The van der Waals surface area contributed by atoms with E-state index in [1.165, 1.54) is 64.1 Å². The fourth-order valence-corrected chi connectivity index (χ4v) is 5.78. The summed E-state index contributed by atoms with van der Waals surface area (Å²) in [6.45, 7) is 4.99. The van der Waals surface area contributed by atoms with Crippen LogP contribution in [-0.2, 0) is 10.0 Å². The Bertz CT molecular complexity index is 1220. The first-order chi connectivity index (χ1) is 15.2. The van der Waals surface area contributed by atoms with E-state index in [1.54, 1.807) is 0 Å². The number of carbonyl (C=O) groups is 1. The molecule has 1 aliphatic rings. The van der Waals surface area contributed by atoms with E-state index in [-0.39, 0.29) is 33.7 Å². The summed E-state index contributed by atoms with van der Waals surface area (Å²) in [6, 6.07) is 10.1. The van der Waals surface area contributed by atoms with Crippen LogP contribution in [0.5, 0.6) is 0 Å². The smallest absolute Gasteiger partial charge is 0.255 e. The number of benzene rings is 2. The lowest BCUT2D eigenvalue weighted by Crippen LogP contribution is -2.42. The minimum atomic E-state index is -3.72. The highest BCUT2D eigenvalue weighted by atomic mass is 32.2. The molecule has 1 aromatic heterocycles. The predicted octanol–water partition coefficient (Wildman–Crippen LogP) is 3.33. The van der Waals surface area contributed by atoms with Crippen LogP contribution in [0, 0.1) is 17.7 Å². The van der Waals surface area contributed by atoms with E-state index in [0.717, 1.165) is 6.42 Å². The molecule has 1 fully saturated rings. The molecule has 0 bridgehead atoms. The van der Waals surface area contributed by atoms with Gasteiger partial charge in [-0.15, -0.1) is 0 Å². The van der Waals surface area contributed by atoms with Crippen LogP contribution in [0.15, 0.2) is 60.0 Å². The minimum Gasteiger partial charge on any atom is -0.322 e. The molecule has 10 heteroatoms. The number of nitrogens with zero attached hydrogens (tertiary/aromatic N) is 4. The van der Waals surface area contributed by atoms with Gasteiger partial charge in [0.1, 0.15) is 18.3 Å². The molecular weight excluding hydrogens is 433 g/mol. The van der Waals surface area contributed by atoms with Crippen LogP contribution in [-0.4, -0.2) is 46.5 Å². The van der Waals surface area contributed by atoms with Gasteiger partial charge in [-0.25, -0.2) is 22.5 Å². The Kier molecular flexibility index (Phi) is 6.07. The van der Waals surface area contributed by atoms with Crippen molar-refractivity contribution in [2.75, 3.05) is 18.4 Å². The summed E-state index contributed by atoms with van der Waals surface area (Å²) in [6.07, 6.45) is 3.65. The van der Waals surface area contributed by atoms with Gasteiger partial charge in [0.15, 0.2) is 5.82 Å². The Morgan fingerprint density at radius 2 is 1.88 bits per heavy atom. The highest BCUT2D eigenvalue weighted by molar-refractivity contribution is 7.89. The van der Waals surface area contributed by atoms with Gasteiger partial charge in [0.2, 0.25) is 10.0 Å². The SMILES string of the molecule is CC1CC(C)CN(S(=O)(=O)c2cccc(C(=O)Nc3ccc(-n4cncn4)c(F)c3)c2)C1. The lowest BCUT2D eigenvalue weighted by Gasteiger charge is -2.34. The number of aromatic nitrogens is 3. The number of hydrogen-bond acceptors (Lipinski definition) is 5. The lowest BCUT2D eigenvalue weighted by atomic mass is 9.94. The summed E-state index contributed by atoms with van der Waals surface area (Å²) >= 11 is 0. The van der Waals surface area contributed by atoms with E-state index in [9.17, 15) is 17.6 Å². The van der Waals surface area contributed by atoms with Gasteiger partial charge in [0.05, 0.1) is 4.90 Å². The molecule has 32 heavy (non-hydrogen) atoms. The van der Waals surface area contributed by atoms with Crippen molar-refractivity contribution in [3.05, 3.63) is 66.5 Å². The molecule has 0 radical (unpaired) electrons. The number of carbonyl (C=O) groups excluding carboxylic acids is 1. The van der Waals surface area contributed by atoms with Gasteiger partial charge in [-0.3, -0.25) is 4.79 Å². The third-order valence-electron chi connectivity index (χ3n) is 5.44. The van der Waals surface area contributed by atoms with Crippen LogP contribution in [0.1, 0.15) is 30.6 Å². The lowest BCUT2D eigenvalue weighted by molar-refractivity contribution is 0.102. The van der Waals surface area contributed by atoms with Crippen molar-refractivity contribution < 1.29 is 17.6 Å². The van der Waals surface area contributed by atoms with E-state index in [1.807, 2.05) is 13.8 Å². The van der Waals surface area contributed by atoms with E-state index in [0.29, 0.717) is 13.1 Å². The molecule has 8 nitrogen and oxygen atoms in total. The molecule has 3 aromatic rings. The Labute approximate surface area is 186 Å². The van der Waals surface area contributed by atoms with Crippen LogP contribution in [0.4, 0.5) is 10.1 Å². The molecule has 1 aliphatic heterocycles. The standard InChI is InChI=1S/C22H24FN5O3S/c1-15-8-16(2)12-27(11-15)32(30,31)19-5-3-4-17(9-19)22(29)26-18-6-7-21(20(23)10-18)28-14-24-13-25-28/h3-7,9-10,13-16H,8,11-12H2,1-2H3,(H,26,29).